The molecule has 2 heteroatoms. The first kappa shape index (κ1) is 29.6. The molecule has 1 heterocycles. The first-order valence-corrected chi connectivity index (χ1v) is 16.9. The maximum Gasteiger partial charge on any atom is 0.136 e. The number of hydrogen-bond donors (Lipinski definition) is 0. The Balaban J connectivity index is 1.40. The summed E-state index contributed by atoms with van der Waals surface area (Å²) in [5, 5.41) is 4.82. The van der Waals surface area contributed by atoms with Crippen molar-refractivity contribution in [3.05, 3.63) is 138 Å². The molecule has 0 amide bonds. The molecule has 1 aliphatic rings. The van der Waals surface area contributed by atoms with Gasteiger partial charge in [0.25, 0.3) is 0 Å². The molecule has 2 nitrogen and oxygen atoms in total. The third-order valence-corrected chi connectivity index (χ3v) is 10.3. The molecule has 0 saturated heterocycles. The van der Waals surface area contributed by atoms with Gasteiger partial charge in [-0.25, -0.2) is 0 Å². The molecule has 0 spiro atoms. The summed E-state index contributed by atoms with van der Waals surface area (Å²) in [4.78, 5) is 2.44. The lowest BCUT2D eigenvalue weighted by Crippen LogP contribution is -2.17. The molecule has 7 aromatic rings. The van der Waals surface area contributed by atoms with Gasteiger partial charge in [0.1, 0.15) is 11.2 Å². The average molecular weight is 614 g/mol. The van der Waals surface area contributed by atoms with Crippen LogP contribution in [0.1, 0.15) is 77.6 Å². The maximum absolute atomic E-state index is 6.65. The molecule has 0 fully saturated rings. The molecule has 0 aliphatic heterocycles. The summed E-state index contributed by atoms with van der Waals surface area (Å²) in [5.74, 6) is 0. The summed E-state index contributed by atoms with van der Waals surface area (Å²) >= 11 is 0. The molecule has 0 saturated carbocycles. The Labute approximate surface area is 278 Å². The molecule has 234 valence electrons. The second-order valence-corrected chi connectivity index (χ2v) is 15.9. The zero-order valence-electron chi connectivity index (χ0n) is 28.8. The van der Waals surface area contributed by atoms with Crippen molar-refractivity contribution in [1.29, 1.82) is 0 Å². The van der Waals surface area contributed by atoms with Crippen LogP contribution in [-0.2, 0) is 16.2 Å². The number of rotatable bonds is 3. The van der Waals surface area contributed by atoms with Crippen molar-refractivity contribution >= 4 is 49.8 Å². The quantitative estimate of drug-likeness (QED) is 0.197. The van der Waals surface area contributed by atoms with E-state index >= 15 is 0 Å². The predicted molar refractivity (Wildman–Crippen MR) is 201 cm³/mol. The summed E-state index contributed by atoms with van der Waals surface area (Å²) in [6.07, 6.45) is 0. The highest BCUT2D eigenvalue weighted by Crippen LogP contribution is 2.51. The second kappa shape index (κ2) is 10.1. The van der Waals surface area contributed by atoms with E-state index in [-0.39, 0.29) is 16.2 Å². The Morgan fingerprint density at radius 2 is 1.23 bits per heavy atom. The average Bonchev–Trinajstić information content (AvgIpc) is 3.52. The van der Waals surface area contributed by atoms with E-state index < -0.39 is 0 Å². The SMILES string of the molecule is CC(C)(C)c1cc(C(C)(C)C)c2c(c1)oc1ccc(N(c3ccc4c(c3)C(C)(C)c3ccccc3-4)c3cccc4ccccc34)cc12. The van der Waals surface area contributed by atoms with E-state index in [4.69, 9.17) is 4.42 Å². The summed E-state index contributed by atoms with van der Waals surface area (Å²) in [7, 11) is 0. The monoisotopic (exact) mass is 613 g/mol. The van der Waals surface area contributed by atoms with Gasteiger partial charge < -0.3 is 9.32 Å². The van der Waals surface area contributed by atoms with E-state index in [0.717, 1.165) is 33.6 Å². The topological polar surface area (TPSA) is 16.4 Å². The Morgan fingerprint density at radius 1 is 0.553 bits per heavy atom. The first-order valence-electron chi connectivity index (χ1n) is 16.9. The first-order chi connectivity index (χ1) is 22.3. The van der Waals surface area contributed by atoms with Crippen molar-refractivity contribution in [1.82, 2.24) is 0 Å². The summed E-state index contributed by atoms with van der Waals surface area (Å²) in [6, 6.07) is 42.7. The van der Waals surface area contributed by atoms with E-state index in [1.807, 2.05) is 0 Å². The highest BCUT2D eigenvalue weighted by molar-refractivity contribution is 6.09. The van der Waals surface area contributed by atoms with Crippen molar-refractivity contribution in [2.45, 2.75) is 71.6 Å². The standard InChI is InChI=1S/C45H43NO/c1-43(2,3)29-24-38(44(4,5)6)42-35-26-30(21-23-40(35)47-41(42)25-29)46(39-19-13-15-28-14-9-10-16-32(28)39)31-20-22-34-33-17-11-12-18-36(33)45(7,8)37(34)27-31/h9-27H,1-8H3. The third-order valence-electron chi connectivity index (χ3n) is 10.3. The normalized spacial score (nSPS) is 14.1. The highest BCUT2D eigenvalue weighted by atomic mass is 16.3. The number of furan rings is 1. The summed E-state index contributed by atoms with van der Waals surface area (Å²) in [5.41, 5.74) is 13.2. The molecule has 1 aliphatic carbocycles. The van der Waals surface area contributed by atoms with E-state index in [0.29, 0.717) is 0 Å². The van der Waals surface area contributed by atoms with Gasteiger partial charge in [0.05, 0.1) is 5.69 Å². The fraction of sp³-hybridized carbons (Fsp3) is 0.244. The zero-order valence-corrected chi connectivity index (χ0v) is 28.8. The van der Waals surface area contributed by atoms with Crippen LogP contribution in [0.3, 0.4) is 0 Å². The zero-order chi connectivity index (χ0) is 32.9. The Bertz CT molecular complexity index is 2350. The minimum atomic E-state index is -0.0938. The largest absolute Gasteiger partial charge is 0.456 e. The van der Waals surface area contributed by atoms with Crippen LogP contribution in [0, 0.1) is 0 Å². The molecule has 8 rings (SSSR count). The van der Waals surface area contributed by atoms with Gasteiger partial charge in [-0.05, 0) is 92.1 Å². The van der Waals surface area contributed by atoms with Crippen molar-refractivity contribution in [2.75, 3.05) is 4.90 Å². The molecule has 1 aromatic heterocycles. The molecular weight excluding hydrogens is 571 g/mol. The number of benzene rings is 6. The molecule has 0 radical (unpaired) electrons. The minimum Gasteiger partial charge on any atom is -0.456 e. The van der Waals surface area contributed by atoms with Gasteiger partial charge in [0.2, 0.25) is 0 Å². The fourth-order valence-corrected chi connectivity index (χ4v) is 7.72. The lowest BCUT2D eigenvalue weighted by atomic mass is 9.79. The van der Waals surface area contributed by atoms with Crippen molar-refractivity contribution in [3.63, 3.8) is 0 Å². The molecule has 0 N–H and O–H groups in total. The van der Waals surface area contributed by atoms with Crippen LogP contribution >= 0.6 is 0 Å². The molecule has 0 unspecified atom stereocenters. The number of anilines is 3. The van der Waals surface area contributed by atoms with Gasteiger partial charge in [-0.3, -0.25) is 0 Å². The second-order valence-electron chi connectivity index (χ2n) is 15.9. The van der Waals surface area contributed by atoms with E-state index in [9.17, 15) is 0 Å². The molecule has 0 bridgehead atoms. The van der Waals surface area contributed by atoms with E-state index in [1.54, 1.807) is 0 Å². The summed E-state index contributed by atoms with van der Waals surface area (Å²) < 4.78 is 6.65. The van der Waals surface area contributed by atoms with Crippen LogP contribution in [0.15, 0.2) is 120 Å². The van der Waals surface area contributed by atoms with Crippen molar-refractivity contribution < 1.29 is 4.42 Å². The van der Waals surface area contributed by atoms with Gasteiger partial charge in [-0.2, -0.15) is 0 Å². The number of hydrogen-bond acceptors (Lipinski definition) is 2. The third kappa shape index (κ3) is 4.60. The van der Waals surface area contributed by atoms with Crippen LogP contribution in [0.4, 0.5) is 17.1 Å². The highest BCUT2D eigenvalue weighted by Gasteiger charge is 2.36. The van der Waals surface area contributed by atoms with Crippen LogP contribution in [0.2, 0.25) is 0 Å². The number of fused-ring (bicyclic) bond motifs is 7. The van der Waals surface area contributed by atoms with Gasteiger partial charge >= 0.3 is 0 Å². The van der Waals surface area contributed by atoms with Gasteiger partial charge in [-0.1, -0.05) is 128 Å². The van der Waals surface area contributed by atoms with Crippen LogP contribution in [-0.4, -0.2) is 0 Å². The molecule has 0 atom stereocenters. The molecule has 47 heavy (non-hydrogen) atoms. The Morgan fingerprint density at radius 3 is 2.02 bits per heavy atom. The van der Waals surface area contributed by atoms with Crippen molar-refractivity contribution in [3.8, 4) is 11.1 Å². The minimum absolute atomic E-state index is 0.0183. The van der Waals surface area contributed by atoms with E-state index in [2.05, 4.69) is 176 Å². The lowest BCUT2D eigenvalue weighted by molar-refractivity contribution is 0.569. The van der Waals surface area contributed by atoms with E-state index in [1.165, 1.54) is 49.5 Å². The Hall–Kier alpha value is -4.82. The Kier molecular flexibility index (Phi) is 6.35. The number of nitrogens with zero attached hydrogens (tertiary/aromatic N) is 1. The molecule has 6 aromatic carbocycles. The van der Waals surface area contributed by atoms with Gasteiger partial charge in [-0.15, -0.1) is 0 Å². The molecular formula is C45H43NO. The van der Waals surface area contributed by atoms with Gasteiger partial charge in [0.15, 0.2) is 0 Å². The smallest absolute Gasteiger partial charge is 0.136 e. The van der Waals surface area contributed by atoms with Crippen LogP contribution in [0.5, 0.6) is 0 Å². The van der Waals surface area contributed by atoms with Crippen molar-refractivity contribution in [2.24, 2.45) is 0 Å². The lowest BCUT2D eigenvalue weighted by Gasteiger charge is -2.29. The predicted octanol–water partition coefficient (Wildman–Crippen LogP) is 13.1. The van der Waals surface area contributed by atoms with Crippen LogP contribution < -0.4 is 4.90 Å². The van der Waals surface area contributed by atoms with Crippen LogP contribution in [0.25, 0.3) is 43.8 Å². The van der Waals surface area contributed by atoms with Gasteiger partial charge in [0, 0.05) is 32.9 Å². The summed E-state index contributed by atoms with van der Waals surface area (Å²) in [6.45, 7) is 18.5. The fourth-order valence-electron chi connectivity index (χ4n) is 7.72. The maximum atomic E-state index is 6.65.